The lowest BCUT2D eigenvalue weighted by molar-refractivity contribution is 0.112. The van der Waals surface area contributed by atoms with Gasteiger partial charge in [-0.1, -0.05) is 0 Å². The van der Waals surface area contributed by atoms with E-state index < -0.39 is 10.0 Å². The maximum atomic E-state index is 12.4. The second kappa shape index (κ2) is 5.18. The highest BCUT2D eigenvalue weighted by Gasteiger charge is 2.19. The number of hydrogen-bond donors (Lipinski definition) is 0. The van der Waals surface area contributed by atoms with Crippen LogP contribution in [0.5, 0.6) is 5.75 Å². The van der Waals surface area contributed by atoms with E-state index >= 15 is 0 Å². The number of rotatable bonds is 4. The average Bonchev–Trinajstić information content (AvgIpc) is 2.81. The van der Waals surface area contributed by atoms with Crippen molar-refractivity contribution in [1.82, 2.24) is 3.97 Å². The van der Waals surface area contributed by atoms with Crippen LogP contribution < -0.4 is 4.74 Å². The van der Waals surface area contributed by atoms with Crippen LogP contribution in [0.2, 0.25) is 0 Å². The Labute approximate surface area is 119 Å². The smallest absolute Gasteiger partial charge is 0.268 e. The number of nitrogens with zero attached hydrogens (tertiary/aromatic N) is 1. The SMILES string of the molecule is COc1ccc(S(=O)(=O)n2cc(C=O)cc2Br)cc1. The molecule has 1 aromatic heterocycles. The zero-order valence-electron chi connectivity index (χ0n) is 9.91. The fourth-order valence-corrected chi connectivity index (χ4v) is 3.73. The van der Waals surface area contributed by atoms with Crippen molar-refractivity contribution < 1.29 is 17.9 Å². The average molecular weight is 344 g/mol. The first-order valence-electron chi connectivity index (χ1n) is 5.21. The van der Waals surface area contributed by atoms with Crippen LogP contribution >= 0.6 is 15.9 Å². The number of hydrogen-bond acceptors (Lipinski definition) is 4. The van der Waals surface area contributed by atoms with Crippen molar-refractivity contribution in [3.8, 4) is 5.75 Å². The molecule has 2 rings (SSSR count). The molecule has 0 aliphatic carbocycles. The number of aldehydes is 1. The van der Waals surface area contributed by atoms with Gasteiger partial charge in [0.25, 0.3) is 10.0 Å². The lowest BCUT2D eigenvalue weighted by Gasteiger charge is -2.07. The van der Waals surface area contributed by atoms with Gasteiger partial charge in [0.1, 0.15) is 10.4 Å². The molecular weight excluding hydrogens is 334 g/mol. The molecule has 0 saturated carbocycles. The molecule has 0 atom stereocenters. The van der Waals surface area contributed by atoms with Gasteiger partial charge in [-0.05, 0) is 46.3 Å². The molecule has 0 amide bonds. The number of aromatic nitrogens is 1. The zero-order chi connectivity index (χ0) is 14.0. The van der Waals surface area contributed by atoms with Crippen LogP contribution in [0.1, 0.15) is 10.4 Å². The number of benzene rings is 1. The first kappa shape index (κ1) is 13.8. The van der Waals surface area contributed by atoms with Gasteiger partial charge in [-0.3, -0.25) is 4.79 Å². The van der Waals surface area contributed by atoms with Crippen LogP contribution in [0.3, 0.4) is 0 Å². The summed E-state index contributed by atoms with van der Waals surface area (Å²) in [4.78, 5) is 10.8. The largest absolute Gasteiger partial charge is 0.497 e. The second-order valence-corrected chi connectivity index (χ2v) is 6.32. The van der Waals surface area contributed by atoms with Crippen molar-refractivity contribution in [3.05, 3.63) is 46.7 Å². The maximum Gasteiger partial charge on any atom is 0.268 e. The molecule has 1 heterocycles. The van der Waals surface area contributed by atoms with Crippen molar-refractivity contribution in [2.24, 2.45) is 0 Å². The van der Waals surface area contributed by atoms with Gasteiger partial charge in [-0.25, -0.2) is 12.4 Å². The molecule has 19 heavy (non-hydrogen) atoms. The Morgan fingerprint density at radius 1 is 1.26 bits per heavy atom. The van der Waals surface area contributed by atoms with Gasteiger partial charge in [0, 0.05) is 11.8 Å². The van der Waals surface area contributed by atoms with Crippen molar-refractivity contribution in [3.63, 3.8) is 0 Å². The maximum absolute atomic E-state index is 12.4. The molecule has 0 N–H and O–H groups in total. The minimum atomic E-state index is -3.73. The molecule has 2 aromatic rings. The molecule has 0 aliphatic heterocycles. The van der Waals surface area contributed by atoms with Gasteiger partial charge in [0.2, 0.25) is 0 Å². The molecule has 0 spiro atoms. The molecular formula is C12H10BrNO4S. The quantitative estimate of drug-likeness (QED) is 0.799. The Hall–Kier alpha value is -1.60. The highest BCUT2D eigenvalue weighted by molar-refractivity contribution is 9.10. The molecule has 1 aromatic carbocycles. The summed E-state index contributed by atoms with van der Waals surface area (Å²) in [5.74, 6) is 0.569. The summed E-state index contributed by atoms with van der Waals surface area (Å²) in [6, 6.07) is 7.45. The molecule has 100 valence electrons. The third-order valence-electron chi connectivity index (χ3n) is 2.51. The van der Waals surface area contributed by atoms with Crippen LogP contribution in [0.25, 0.3) is 0 Å². The zero-order valence-corrected chi connectivity index (χ0v) is 12.3. The lowest BCUT2D eigenvalue weighted by Crippen LogP contribution is -2.12. The van der Waals surface area contributed by atoms with Gasteiger partial charge < -0.3 is 4.74 Å². The van der Waals surface area contributed by atoms with Crippen molar-refractivity contribution >= 4 is 32.2 Å². The van der Waals surface area contributed by atoms with Crippen LogP contribution in [-0.4, -0.2) is 25.8 Å². The predicted molar refractivity (Wildman–Crippen MR) is 73.1 cm³/mol. The summed E-state index contributed by atoms with van der Waals surface area (Å²) in [6.45, 7) is 0. The Bertz CT molecular complexity index is 704. The van der Waals surface area contributed by atoms with Gasteiger partial charge in [0.15, 0.2) is 6.29 Å². The van der Waals surface area contributed by atoms with E-state index in [1.165, 1.54) is 31.5 Å². The Balaban J connectivity index is 2.51. The number of carbonyl (C=O) groups excluding carboxylic acids is 1. The van der Waals surface area contributed by atoms with Crippen LogP contribution in [-0.2, 0) is 10.0 Å². The van der Waals surface area contributed by atoms with E-state index in [4.69, 9.17) is 4.74 Å². The number of ether oxygens (including phenoxy) is 1. The van der Waals surface area contributed by atoms with E-state index in [2.05, 4.69) is 15.9 Å². The van der Waals surface area contributed by atoms with Crippen LogP contribution in [0.15, 0.2) is 46.0 Å². The van der Waals surface area contributed by atoms with E-state index in [9.17, 15) is 13.2 Å². The molecule has 0 bridgehead atoms. The Morgan fingerprint density at radius 3 is 2.37 bits per heavy atom. The fourth-order valence-electron chi connectivity index (χ4n) is 1.55. The minimum Gasteiger partial charge on any atom is -0.497 e. The highest BCUT2D eigenvalue weighted by atomic mass is 79.9. The summed E-state index contributed by atoms with van der Waals surface area (Å²) in [5, 5.41) is 0. The number of methoxy groups -OCH3 is 1. The summed E-state index contributed by atoms with van der Waals surface area (Å²) in [5.41, 5.74) is 0.281. The molecule has 5 nitrogen and oxygen atoms in total. The Morgan fingerprint density at radius 2 is 1.89 bits per heavy atom. The molecule has 0 saturated heterocycles. The Kier molecular flexibility index (Phi) is 3.77. The fraction of sp³-hybridized carbons (Fsp3) is 0.0833. The first-order chi connectivity index (χ1) is 8.98. The van der Waals surface area contributed by atoms with Crippen LogP contribution in [0.4, 0.5) is 0 Å². The van der Waals surface area contributed by atoms with Gasteiger partial charge in [-0.15, -0.1) is 0 Å². The minimum absolute atomic E-state index is 0.113. The van der Waals surface area contributed by atoms with Crippen molar-refractivity contribution in [2.75, 3.05) is 7.11 Å². The third-order valence-corrected chi connectivity index (χ3v) is 5.05. The molecule has 0 radical (unpaired) electrons. The summed E-state index contributed by atoms with van der Waals surface area (Å²) >= 11 is 3.12. The summed E-state index contributed by atoms with van der Waals surface area (Å²) < 4.78 is 31.0. The van der Waals surface area contributed by atoms with Gasteiger partial charge >= 0.3 is 0 Å². The normalized spacial score (nSPS) is 11.3. The highest BCUT2D eigenvalue weighted by Crippen LogP contribution is 2.23. The van der Waals surface area contributed by atoms with E-state index in [1.54, 1.807) is 12.1 Å². The number of carbonyl (C=O) groups is 1. The van der Waals surface area contributed by atoms with E-state index in [1.807, 2.05) is 0 Å². The summed E-state index contributed by atoms with van der Waals surface area (Å²) in [7, 11) is -2.23. The van der Waals surface area contributed by atoms with Crippen molar-refractivity contribution in [1.29, 1.82) is 0 Å². The topological polar surface area (TPSA) is 65.4 Å². The van der Waals surface area contributed by atoms with Gasteiger partial charge in [0.05, 0.1) is 12.0 Å². The lowest BCUT2D eigenvalue weighted by atomic mass is 10.3. The van der Waals surface area contributed by atoms with Gasteiger partial charge in [-0.2, -0.15) is 0 Å². The summed E-state index contributed by atoms with van der Waals surface area (Å²) in [6.07, 6.45) is 1.85. The molecule has 0 fully saturated rings. The standard InChI is InChI=1S/C12H10BrNO4S/c1-18-10-2-4-11(5-3-10)19(16,17)14-7-9(8-15)6-12(14)13/h2-8H,1H3. The van der Waals surface area contributed by atoms with Crippen LogP contribution in [0, 0.1) is 0 Å². The third kappa shape index (κ3) is 2.57. The van der Waals surface area contributed by atoms with E-state index in [0.29, 0.717) is 16.6 Å². The molecule has 0 unspecified atom stereocenters. The van der Waals surface area contributed by atoms with E-state index in [-0.39, 0.29) is 10.5 Å². The van der Waals surface area contributed by atoms with E-state index in [0.717, 1.165) is 3.97 Å². The predicted octanol–water partition coefficient (Wildman–Crippen LogP) is 2.31. The monoisotopic (exact) mass is 343 g/mol. The molecule has 0 aliphatic rings. The first-order valence-corrected chi connectivity index (χ1v) is 7.45. The molecule has 7 heteroatoms. The second-order valence-electron chi connectivity index (χ2n) is 3.69. The van der Waals surface area contributed by atoms with Crippen molar-refractivity contribution in [2.45, 2.75) is 4.90 Å². The number of halogens is 1.